The molecule has 2 unspecified atom stereocenters. The Balaban J connectivity index is 3.07. The van der Waals surface area contributed by atoms with Gasteiger partial charge in [-0.3, -0.25) is 4.79 Å². The molecule has 2 atom stereocenters. The number of halogens is 2. The molecule has 0 saturated carbocycles. The van der Waals surface area contributed by atoms with Gasteiger partial charge in [-0.25, -0.2) is 4.39 Å². The molecule has 0 aromatic heterocycles. The fourth-order valence-electron chi connectivity index (χ4n) is 1.76. The number of amides is 1. The maximum atomic E-state index is 14.0. The molecule has 1 aliphatic rings. The molecule has 1 saturated heterocycles. The lowest BCUT2D eigenvalue weighted by Crippen LogP contribution is -2.68. The van der Waals surface area contributed by atoms with Crippen LogP contribution >= 0.6 is 10.7 Å². The minimum atomic E-state index is -4.30. The molecule has 4 nitrogen and oxygen atoms in total. The maximum Gasteiger partial charge on any atom is 0.326 e. The largest absolute Gasteiger partial charge is 0.326 e. The molecule has 0 radical (unpaired) electrons. The van der Waals surface area contributed by atoms with Crippen molar-refractivity contribution >= 4 is 25.8 Å². The van der Waals surface area contributed by atoms with Crippen LogP contribution in [-0.2, 0) is 14.0 Å². The van der Waals surface area contributed by atoms with E-state index in [4.69, 9.17) is 10.7 Å². The first-order valence-corrected chi connectivity index (χ1v) is 6.53. The summed E-state index contributed by atoms with van der Waals surface area (Å²) in [5.74, 6) is -3.78. The molecule has 7 heteroatoms. The maximum absolute atomic E-state index is 14.0. The van der Waals surface area contributed by atoms with Gasteiger partial charge in [-0.15, -0.1) is 0 Å². The van der Waals surface area contributed by atoms with Gasteiger partial charge in [-0.2, -0.15) is 12.7 Å². The van der Waals surface area contributed by atoms with Crippen LogP contribution in [0.5, 0.6) is 0 Å². The first kappa shape index (κ1) is 11.7. The summed E-state index contributed by atoms with van der Waals surface area (Å²) in [6.45, 7) is 3.11. The highest BCUT2D eigenvalue weighted by molar-refractivity contribution is 8.12. The number of β-lactam (4-membered cyclic amide) rings is 1. The van der Waals surface area contributed by atoms with Gasteiger partial charge in [0.05, 0.1) is 5.92 Å². The minimum Gasteiger partial charge on any atom is -0.273 e. The van der Waals surface area contributed by atoms with Gasteiger partial charge in [0.25, 0.3) is 0 Å². The molecule has 0 aromatic rings. The third kappa shape index (κ3) is 1.40. The number of hydrogen-bond acceptors (Lipinski definition) is 3. The molecule has 0 bridgehead atoms. The average molecular weight is 244 g/mol. The Labute approximate surface area is 86.6 Å². The van der Waals surface area contributed by atoms with Crippen molar-refractivity contribution in [3.05, 3.63) is 0 Å². The number of nitrogens with zero attached hydrogens (tertiary/aromatic N) is 1. The van der Waals surface area contributed by atoms with Crippen molar-refractivity contribution in [2.75, 3.05) is 0 Å². The van der Waals surface area contributed by atoms with Crippen molar-refractivity contribution in [2.45, 2.75) is 32.5 Å². The molecule has 1 heterocycles. The van der Waals surface area contributed by atoms with Crippen molar-refractivity contribution in [3.8, 4) is 0 Å². The summed E-state index contributed by atoms with van der Waals surface area (Å²) in [5, 5.41) is 0. The summed E-state index contributed by atoms with van der Waals surface area (Å²) in [5.41, 5.74) is 0. The van der Waals surface area contributed by atoms with Gasteiger partial charge in [0.2, 0.25) is 11.7 Å². The predicted octanol–water partition coefficient (Wildman–Crippen LogP) is 1.41. The second-order valence-electron chi connectivity index (χ2n) is 3.18. The Morgan fingerprint density at radius 3 is 2.36 bits per heavy atom. The molecule has 14 heavy (non-hydrogen) atoms. The van der Waals surface area contributed by atoms with E-state index in [2.05, 4.69) is 0 Å². The van der Waals surface area contributed by atoms with Crippen LogP contribution in [0.1, 0.15) is 26.7 Å². The Kier molecular flexibility index (Phi) is 2.80. The molecule has 1 fully saturated rings. The smallest absolute Gasteiger partial charge is 0.273 e. The van der Waals surface area contributed by atoms with Gasteiger partial charge in [-0.05, 0) is 12.8 Å². The normalized spacial score (nSPS) is 33.0. The Morgan fingerprint density at radius 2 is 2.07 bits per heavy atom. The number of carbonyl (C=O) groups is 1. The predicted molar refractivity (Wildman–Crippen MR) is 49.5 cm³/mol. The van der Waals surface area contributed by atoms with Crippen LogP contribution in [-0.4, -0.2) is 24.4 Å². The Hall–Kier alpha value is -0.360. The van der Waals surface area contributed by atoms with Gasteiger partial charge in [0.1, 0.15) is 0 Å². The van der Waals surface area contributed by atoms with E-state index in [1.165, 1.54) is 6.92 Å². The minimum absolute atomic E-state index is 0.0802. The fraction of sp³-hybridized carbons (Fsp3) is 0.857. The Morgan fingerprint density at radius 1 is 1.57 bits per heavy atom. The van der Waals surface area contributed by atoms with Crippen molar-refractivity contribution in [3.63, 3.8) is 0 Å². The van der Waals surface area contributed by atoms with E-state index in [9.17, 15) is 17.6 Å². The van der Waals surface area contributed by atoms with E-state index in [0.717, 1.165) is 0 Å². The lowest BCUT2D eigenvalue weighted by molar-refractivity contribution is -0.178. The van der Waals surface area contributed by atoms with Crippen LogP contribution in [0.25, 0.3) is 0 Å². The van der Waals surface area contributed by atoms with E-state index in [-0.39, 0.29) is 17.1 Å². The summed E-state index contributed by atoms with van der Waals surface area (Å²) >= 11 is 0. The zero-order valence-corrected chi connectivity index (χ0v) is 9.40. The highest BCUT2D eigenvalue weighted by Gasteiger charge is 2.63. The zero-order valence-electron chi connectivity index (χ0n) is 7.83. The second kappa shape index (κ2) is 3.34. The number of rotatable bonds is 3. The molecule has 1 rings (SSSR count). The molecule has 1 aliphatic heterocycles. The van der Waals surface area contributed by atoms with Crippen LogP contribution in [0.15, 0.2) is 0 Å². The number of hydrogen-bond donors (Lipinski definition) is 0. The van der Waals surface area contributed by atoms with E-state index < -0.39 is 26.9 Å². The second-order valence-corrected chi connectivity index (χ2v) is 5.54. The van der Waals surface area contributed by atoms with Crippen LogP contribution in [0.2, 0.25) is 0 Å². The summed E-state index contributed by atoms with van der Waals surface area (Å²) in [7, 11) is 0.656. The highest BCUT2D eigenvalue weighted by Crippen LogP contribution is 2.46. The summed E-state index contributed by atoms with van der Waals surface area (Å²) in [4.78, 5) is 11.2. The van der Waals surface area contributed by atoms with Crippen LogP contribution in [0.3, 0.4) is 0 Å². The molecule has 0 aliphatic carbocycles. The molecular formula is C7H11ClFNO3S. The monoisotopic (exact) mass is 243 g/mol. The van der Waals surface area contributed by atoms with Crippen LogP contribution in [0, 0.1) is 5.92 Å². The summed E-state index contributed by atoms with van der Waals surface area (Å²) in [6, 6.07) is 0. The highest BCUT2D eigenvalue weighted by atomic mass is 35.7. The average Bonchev–Trinajstić information content (AvgIpc) is 2.01. The third-order valence-corrected chi connectivity index (χ3v) is 3.83. The molecular weight excluding hydrogens is 233 g/mol. The lowest BCUT2D eigenvalue weighted by atomic mass is 9.84. The van der Waals surface area contributed by atoms with E-state index in [1.807, 2.05) is 0 Å². The van der Waals surface area contributed by atoms with Gasteiger partial charge in [0.15, 0.2) is 0 Å². The SMILES string of the molecule is CCC1C(=O)N(S(=O)(=O)Cl)C1(F)CC. The lowest BCUT2D eigenvalue weighted by Gasteiger charge is -2.48. The molecule has 0 spiro atoms. The molecule has 0 aromatic carbocycles. The first-order valence-electron chi connectivity index (χ1n) is 4.26. The van der Waals surface area contributed by atoms with Crippen molar-refractivity contribution in [2.24, 2.45) is 5.92 Å². The molecule has 82 valence electrons. The van der Waals surface area contributed by atoms with Crippen LogP contribution < -0.4 is 0 Å². The van der Waals surface area contributed by atoms with E-state index >= 15 is 0 Å². The van der Waals surface area contributed by atoms with Crippen molar-refractivity contribution in [1.82, 2.24) is 4.31 Å². The fourth-order valence-corrected chi connectivity index (χ4v) is 3.26. The first-order chi connectivity index (χ1) is 6.29. The standard InChI is InChI=1S/C7H11ClFNO3S/c1-3-5-6(11)10(14(8,12)13)7(5,9)4-2/h5H,3-4H2,1-2H3. The zero-order chi connectivity index (χ0) is 11.1. The molecule has 1 amide bonds. The van der Waals surface area contributed by atoms with Gasteiger partial charge >= 0.3 is 9.24 Å². The quantitative estimate of drug-likeness (QED) is 0.428. The summed E-state index contributed by atoms with van der Waals surface area (Å²) in [6.07, 6.45) is 0.190. The van der Waals surface area contributed by atoms with Gasteiger partial charge in [-0.1, -0.05) is 13.8 Å². The van der Waals surface area contributed by atoms with Crippen LogP contribution in [0.4, 0.5) is 4.39 Å². The number of carbonyl (C=O) groups excluding carboxylic acids is 1. The van der Waals surface area contributed by atoms with Gasteiger partial charge < -0.3 is 0 Å². The summed E-state index contributed by atoms with van der Waals surface area (Å²) < 4.78 is 35.9. The third-order valence-electron chi connectivity index (χ3n) is 2.49. The Bertz CT molecular complexity index is 358. The number of alkyl halides is 1. The van der Waals surface area contributed by atoms with Gasteiger partial charge in [0, 0.05) is 10.7 Å². The topological polar surface area (TPSA) is 54.5 Å². The van der Waals surface area contributed by atoms with E-state index in [1.54, 1.807) is 6.92 Å². The molecule has 0 N–H and O–H groups in total. The van der Waals surface area contributed by atoms with Crippen molar-refractivity contribution < 1.29 is 17.6 Å². The van der Waals surface area contributed by atoms with Crippen molar-refractivity contribution in [1.29, 1.82) is 0 Å². The van der Waals surface area contributed by atoms with E-state index in [0.29, 0.717) is 0 Å².